The summed E-state index contributed by atoms with van der Waals surface area (Å²) in [4.78, 5) is 25.9. The average Bonchev–Trinajstić information content (AvgIpc) is 1.53. The van der Waals surface area contributed by atoms with Gasteiger partial charge in [-0.1, -0.05) is 111 Å². The van der Waals surface area contributed by atoms with Crippen LogP contribution in [-0.4, -0.2) is 71.3 Å². The number of nitro benzene ring substituents is 2. The topological polar surface area (TPSA) is 188 Å². The minimum atomic E-state index is -0.690. The quantitative estimate of drug-likeness (QED) is 0.0715. The summed E-state index contributed by atoms with van der Waals surface area (Å²) in [5, 5.41) is 33.7. The predicted octanol–water partition coefficient (Wildman–Crippen LogP) is 22.3. The van der Waals surface area contributed by atoms with Gasteiger partial charge >= 0.3 is 11.4 Å². The van der Waals surface area contributed by atoms with E-state index in [9.17, 15) is 20.2 Å². The third kappa shape index (κ3) is 16.1. The van der Waals surface area contributed by atoms with Crippen molar-refractivity contribution in [2.45, 2.75) is 236 Å². The van der Waals surface area contributed by atoms with Crippen LogP contribution in [0.4, 0.5) is 17.1 Å². The molecule has 0 unspecified atom stereocenters. The van der Waals surface area contributed by atoms with Crippen molar-refractivity contribution in [2.24, 2.45) is 0 Å². The number of halogens is 3. The van der Waals surface area contributed by atoms with Crippen molar-refractivity contribution in [3.8, 4) is 29.1 Å². The van der Waals surface area contributed by atoms with Gasteiger partial charge in [-0.25, -0.2) is 4.85 Å². The SMILES string of the molecule is CC1(C)OC([C@]2(COc3ccc(C#N)cc3[N+](=O)[O-])CCCc3cc(Cl)ccc32)OC1(C)C.Cc1ccc(OC[C@@]2(C3OC(C)(C)C(C)(C)O3)CCCc3cc(Cl)ccc32)c([N+](=O)[O-])c1.Cc1ccc2c(c1)CCC[C@@]21CCc2cc(Br)ccc2OC1.[C-]#[N+]c1ccc2c(c1)CC[C@@]1(CCCc3cc(C)ccc31)CO2. The number of hydrogen-bond donors (Lipinski definition) is 0. The summed E-state index contributed by atoms with van der Waals surface area (Å²) in [6.45, 7) is 31.4. The number of rotatable bonds is 10. The lowest BCUT2D eigenvalue weighted by Crippen LogP contribution is -2.48. The van der Waals surface area contributed by atoms with Gasteiger partial charge in [-0.05, 0) is 313 Å². The van der Waals surface area contributed by atoms with Gasteiger partial charge in [0.05, 0.1) is 74.5 Å². The number of nitriles is 1. The lowest BCUT2D eigenvalue weighted by molar-refractivity contribution is -0.386. The number of nitro groups is 2. The van der Waals surface area contributed by atoms with E-state index in [1.807, 2.05) is 129 Å². The van der Waals surface area contributed by atoms with E-state index in [0.29, 0.717) is 15.7 Å². The summed E-state index contributed by atoms with van der Waals surface area (Å²) in [5.74, 6) is 2.39. The van der Waals surface area contributed by atoms with E-state index in [4.69, 9.17) is 72.9 Å². The molecule has 0 bridgehead atoms. The Balaban J connectivity index is 0.000000131. The molecule has 0 aromatic heterocycles. The summed E-state index contributed by atoms with van der Waals surface area (Å²) in [6, 6.07) is 49.0. The summed E-state index contributed by atoms with van der Waals surface area (Å²) >= 11 is 16.2. The molecule has 16 nitrogen and oxygen atoms in total. The third-order valence-corrected chi connectivity index (χ3v) is 26.1. The van der Waals surface area contributed by atoms with Crippen LogP contribution in [0.1, 0.15) is 197 Å². The van der Waals surface area contributed by atoms with E-state index in [-0.39, 0.29) is 52.5 Å². The Hall–Kier alpha value is -8.36. The van der Waals surface area contributed by atoms with Crippen LogP contribution in [-0.2, 0) is 79.1 Å². The van der Waals surface area contributed by atoms with Gasteiger partial charge in [-0.2, -0.15) is 5.26 Å². The van der Waals surface area contributed by atoms with E-state index in [0.717, 1.165) is 115 Å². The Kier molecular flexibility index (Phi) is 22.9. The van der Waals surface area contributed by atoms with Crippen molar-refractivity contribution in [3.05, 3.63) is 270 Å². The lowest BCUT2D eigenvalue weighted by Gasteiger charge is -2.42. The Labute approximate surface area is 665 Å². The molecule has 8 aromatic rings. The maximum Gasteiger partial charge on any atom is 0.312 e. The highest BCUT2D eigenvalue weighted by Crippen LogP contribution is 2.54. The van der Waals surface area contributed by atoms with Crippen LogP contribution < -0.4 is 18.9 Å². The van der Waals surface area contributed by atoms with E-state index < -0.39 is 55.7 Å². The smallest absolute Gasteiger partial charge is 0.312 e. The van der Waals surface area contributed by atoms with Gasteiger partial charge in [0.2, 0.25) is 0 Å². The summed E-state index contributed by atoms with van der Waals surface area (Å²) in [5.41, 5.74) is 14.0. The van der Waals surface area contributed by atoms with Crippen molar-refractivity contribution in [1.29, 1.82) is 5.26 Å². The Morgan fingerprint density at radius 1 is 0.482 bits per heavy atom. The Bertz CT molecular complexity index is 4900. The first-order chi connectivity index (χ1) is 52.3. The highest BCUT2D eigenvalue weighted by molar-refractivity contribution is 9.10. The van der Waals surface area contributed by atoms with Gasteiger partial charge < -0.3 is 37.9 Å². The van der Waals surface area contributed by atoms with Gasteiger partial charge in [0.25, 0.3) is 0 Å². The largest absolute Gasteiger partial charge is 0.492 e. The minimum absolute atomic E-state index is 0.0405. The van der Waals surface area contributed by atoms with Gasteiger partial charge in [0, 0.05) is 37.5 Å². The molecule has 2 spiro atoms. The fraction of sp³-hybridized carbons (Fsp3) is 0.451. The number of ether oxygens (including phenoxy) is 8. The molecular formula is C91H99BrCl2N4O12. The molecule has 8 aliphatic rings. The van der Waals surface area contributed by atoms with Crippen LogP contribution in [0, 0.1) is 58.9 Å². The van der Waals surface area contributed by atoms with E-state index in [1.54, 1.807) is 11.6 Å². The molecular weight excluding hydrogens is 1490 g/mol. The molecule has 0 saturated carbocycles. The molecule has 19 heteroatoms. The van der Waals surface area contributed by atoms with Crippen molar-refractivity contribution in [1.82, 2.24) is 0 Å². The molecule has 2 fully saturated rings. The summed E-state index contributed by atoms with van der Waals surface area (Å²) in [7, 11) is 0. The van der Waals surface area contributed by atoms with E-state index in [1.165, 1.54) is 108 Å². The van der Waals surface area contributed by atoms with Crippen LogP contribution in [0.25, 0.3) is 4.85 Å². The normalized spacial score (nSPS) is 23.5. The van der Waals surface area contributed by atoms with Crippen LogP contribution in [0.5, 0.6) is 23.0 Å². The van der Waals surface area contributed by atoms with Crippen LogP contribution in [0.15, 0.2) is 150 Å². The second kappa shape index (κ2) is 31.7. The number of nitrogens with zero attached hydrogens (tertiary/aromatic N) is 4. The van der Waals surface area contributed by atoms with Crippen LogP contribution in [0.2, 0.25) is 10.0 Å². The average molecular weight is 1590 g/mol. The highest BCUT2D eigenvalue weighted by Gasteiger charge is 2.60. The first-order valence-electron chi connectivity index (χ1n) is 38.5. The number of benzene rings is 8. The van der Waals surface area contributed by atoms with Crippen molar-refractivity contribution < 1.29 is 47.7 Å². The molecule has 0 radical (unpaired) electrons. The fourth-order valence-electron chi connectivity index (χ4n) is 17.6. The molecule has 16 rings (SSSR count). The maximum atomic E-state index is 11.6. The standard InChI is InChI=1S/C25H27ClN2O5.C25H30ClNO5.C21H21NO.C20H21BrO/c1-23(2)24(3,4)33-22(32-23)25(11-5-6-17-13-18(26)8-9-19(17)25)15-31-21-10-7-16(14-27)12-20(21)28(29)30;1-16-8-11-21(20(13-16)27(28)29)30-15-25(22-31-23(2,3)24(4,5)32-22)12-6-7-17-14-18(26)9-10-19(17)25;1-15-5-7-19-16(12-15)4-3-10-21(19)11-9-17-13-18(22-2)6-8-20(17)23-14-21;1-14-4-6-18-15(11-14)3-2-9-20(18)10-8-16-12-17(21)5-7-19(16)22-13-20/h7-10,12-13,22H,5-6,11,15H2,1-4H3;8-11,13-14,22H,6-7,12,15H2,1-5H3;5-8,12-13H,3-4,9-11,14H2,1H3;4-7,11-12H,2-3,8-10,13H2,1H3/t2*25-;21-;20-/m0000/s1. The molecule has 4 aliphatic carbocycles. The Morgan fingerprint density at radius 3 is 1.34 bits per heavy atom. The first kappa shape index (κ1) is 79.7. The van der Waals surface area contributed by atoms with Crippen molar-refractivity contribution >= 4 is 56.2 Å². The highest BCUT2D eigenvalue weighted by atomic mass is 79.9. The number of fused-ring (bicyclic) bond motifs is 8. The van der Waals surface area contributed by atoms with Gasteiger partial charge in [0.1, 0.15) is 24.7 Å². The molecule has 8 aromatic carbocycles. The summed E-state index contributed by atoms with van der Waals surface area (Å²) < 4.78 is 52.0. The predicted molar refractivity (Wildman–Crippen MR) is 433 cm³/mol. The number of aryl methyl sites for hydroxylation is 9. The van der Waals surface area contributed by atoms with E-state index >= 15 is 0 Å². The molecule has 0 amide bonds. The Morgan fingerprint density at radius 2 is 0.882 bits per heavy atom. The molecule has 2 saturated heterocycles. The molecule has 0 N–H and O–H groups in total. The zero-order valence-electron chi connectivity index (χ0n) is 65.0. The maximum absolute atomic E-state index is 11.6. The summed E-state index contributed by atoms with van der Waals surface area (Å²) in [6.07, 6.45) is 15.7. The van der Waals surface area contributed by atoms with Crippen LogP contribution in [0.3, 0.4) is 0 Å². The molecule has 4 atom stereocenters. The number of hydrogen-bond acceptors (Lipinski definition) is 13. The van der Waals surface area contributed by atoms with Gasteiger partial charge in [0.15, 0.2) is 29.8 Å². The molecule has 110 heavy (non-hydrogen) atoms. The second-order valence-corrected chi connectivity index (χ2v) is 35.3. The zero-order chi connectivity index (χ0) is 78.3. The zero-order valence-corrected chi connectivity index (χ0v) is 68.1. The molecule has 4 heterocycles. The van der Waals surface area contributed by atoms with Gasteiger partial charge in [-0.3, -0.25) is 20.2 Å². The van der Waals surface area contributed by atoms with Crippen molar-refractivity contribution in [2.75, 3.05) is 26.4 Å². The van der Waals surface area contributed by atoms with Gasteiger partial charge in [-0.15, -0.1) is 0 Å². The molecule has 4 aliphatic heterocycles. The first-order valence-corrected chi connectivity index (χ1v) is 40.1. The third-order valence-electron chi connectivity index (χ3n) is 25.1. The fourth-order valence-corrected chi connectivity index (χ4v) is 18.4. The molecule has 576 valence electrons. The van der Waals surface area contributed by atoms with Crippen LogP contribution >= 0.6 is 39.1 Å². The van der Waals surface area contributed by atoms with Crippen molar-refractivity contribution in [3.63, 3.8) is 0 Å². The monoisotopic (exact) mass is 1590 g/mol. The van der Waals surface area contributed by atoms with E-state index in [2.05, 4.69) is 89.2 Å². The lowest BCUT2D eigenvalue weighted by atomic mass is 9.67. The second-order valence-electron chi connectivity index (χ2n) is 33.5. The minimum Gasteiger partial charge on any atom is -0.492 e.